The SMILES string of the molecule is CCCC[SiH2]OC(=O)CC. The number of carbonyl (C=O) groups excluding carboxylic acids is 1. The van der Waals surface area contributed by atoms with E-state index in [2.05, 4.69) is 6.92 Å². The summed E-state index contributed by atoms with van der Waals surface area (Å²) in [6.07, 6.45) is 2.94. The first-order valence-electron chi connectivity index (χ1n) is 3.96. The average Bonchev–Trinajstić information content (AvgIpc) is 1.98. The van der Waals surface area contributed by atoms with Crippen molar-refractivity contribution in [2.45, 2.75) is 39.2 Å². The highest BCUT2D eigenvalue weighted by Gasteiger charge is 1.96. The van der Waals surface area contributed by atoms with E-state index < -0.39 is 9.76 Å². The van der Waals surface area contributed by atoms with E-state index in [1.807, 2.05) is 6.92 Å². The van der Waals surface area contributed by atoms with E-state index in [0.717, 1.165) is 6.04 Å². The van der Waals surface area contributed by atoms with Crippen LogP contribution in [0.25, 0.3) is 0 Å². The minimum absolute atomic E-state index is 0.0252. The maximum absolute atomic E-state index is 10.6. The van der Waals surface area contributed by atoms with Crippen LogP contribution in [-0.2, 0) is 9.22 Å². The molecular formula is C7H16O2Si. The summed E-state index contributed by atoms with van der Waals surface area (Å²) in [4.78, 5) is 10.6. The van der Waals surface area contributed by atoms with Crippen molar-refractivity contribution in [2.75, 3.05) is 0 Å². The number of rotatable bonds is 5. The van der Waals surface area contributed by atoms with Gasteiger partial charge in [-0.25, -0.2) is 0 Å². The molecule has 0 aliphatic carbocycles. The fourth-order valence-electron chi connectivity index (χ4n) is 0.640. The standard InChI is InChI=1S/C7H16O2Si/c1-3-5-6-10-9-7(8)4-2/h3-6,10H2,1-2H3. The number of carbonyl (C=O) groups is 1. The molecule has 0 aliphatic heterocycles. The average molecular weight is 160 g/mol. The van der Waals surface area contributed by atoms with E-state index >= 15 is 0 Å². The molecule has 0 atom stereocenters. The zero-order chi connectivity index (χ0) is 7.82. The first kappa shape index (κ1) is 9.69. The molecule has 0 aromatic rings. The normalized spacial score (nSPS) is 10.6. The molecule has 0 bridgehead atoms. The highest BCUT2D eigenvalue weighted by atomic mass is 28.2. The van der Waals surface area contributed by atoms with Crippen LogP contribution in [0.2, 0.25) is 6.04 Å². The molecule has 0 unspecified atom stereocenters. The summed E-state index contributed by atoms with van der Waals surface area (Å²) in [5, 5.41) is 0. The van der Waals surface area contributed by atoms with Crippen LogP contribution in [0.3, 0.4) is 0 Å². The lowest BCUT2D eigenvalue weighted by Crippen LogP contribution is -2.06. The molecule has 0 aromatic carbocycles. The first-order valence-corrected chi connectivity index (χ1v) is 5.54. The zero-order valence-corrected chi connectivity index (χ0v) is 8.27. The predicted molar refractivity (Wildman–Crippen MR) is 44.6 cm³/mol. The van der Waals surface area contributed by atoms with Crippen molar-refractivity contribution >= 4 is 15.7 Å². The molecule has 2 nitrogen and oxygen atoms in total. The molecule has 0 amide bonds. The highest BCUT2D eigenvalue weighted by Crippen LogP contribution is 1.94. The molecule has 0 rings (SSSR count). The van der Waals surface area contributed by atoms with Crippen LogP contribution in [0, 0.1) is 0 Å². The van der Waals surface area contributed by atoms with Gasteiger partial charge in [-0.2, -0.15) is 0 Å². The third-order valence-corrected chi connectivity index (χ3v) is 2.61. The van der Waals surface area contributed by atoms with Gasteiger partial charge in [-0.1, -0.05) is 26.7 Å². The Morgan fingerprint density at radius 1 is 1.50 bits per heavy atom. The van der Waals surface area contributed by atoms with Crippen molar-refractivity contribution in [1.29, 1.82) is 0 Å². The van der Waals surface area contributed by atoms with Gasteiger partial charge < -0.3 is 4.43 Å². The van der Waals surface area contributed by atoms with Crippen LogP contribution < -0.4 is 0 Å². The van der Waals surface area contributed by atoms with E-state index in [0.29, 0.717) is 6.42 Å². The summed E-state index contributed by atoms with van der Waals surface area (Å²) in [7, 11) is -0.508. The second kappa shape index (κ2) is 6.80. The Balaban J connectivity index is 2.96. The lowest BCUT2D eigenvalue weighted by atomic mass is 10.4. The maximum Gasteiger partial charge on any atom is 0.291 e. The molecule has 0 heterocycles. The molecule has 0 aromatic heterocycles. The van der Waals surface area contributed by atoms with Crippen LogP contribution >= 0.6 is 0 Å². The van der Waals surface area contributed by atoms with E-state index in [9.17, 15) is 4.79 Å². The summed E-state index contributed by atoms with van der Waals surface area (Å²) in [6, 6.07) is 1.14. The van der Waals surface area contributed by atoms with E-state index in [4.69, 9.17) is 4.43 Å². The van der Waals surface area contributed by atoms with Gasteiger partial charge in [0.15, 0.2) is 0 Å². The fourth-order valence-corrected chi connectivity index (χ4v) is 1.92. The fraction of sp³-hybridized carbons (Fsp3) is 0.857. The molecule has 3 heteroatoms. The first-order chi connectivity index (χ1) is 4.81. The van der Waals surface area contributed by atoms with Crippen molar-refractivity contribution in [2.24, 2.45) is 0 Å². The second-order valence-corrected chi connectivity index (χ2v) is 3.69. The molecule has 0 spiro atoms. The van der Waals surface area contributed by atoms with Gasteiger partial charge in [-0.05, 0) is 6.04 Å². The summed E-state index contributed by atoms with van der Waals surface area (Å²) in [5.74, 6) is -0.0252. The minimum Gasteiger partial charge on any atom is -0.525 e. The summed E-state index contributed by atoms with van der Waals surface area (Å²) < 4.78 is 4.99. The number of hydrogen-bond acceptors (Lipinski definition) is 2. The van der Waals surface area contributed by atoms with Crippen LogP contribution in [-0.4, -0.2) is 15.7 Å². The molecule has 0 saturated carbocycles. The Morgan fingerprint density at radius 2 is 2.20 bits per heavy atom. The van der Waals surface area contributed by atoms with E-state index in [-0.39, 0.29) is 5.97 Å². The molecule has 0 aliphatic rings. The molecular weight excluding hydrogens is 144 g/mol. The Morgan fingerprint density at radius 3 is 2.70 bits per heavy atom. The summed E-state index contributed by atoms with van der Waals surface area (Å²) in [6.45, 7) is 3.98. The van der Waals surface area contributed by atoms with Crippen molar-refractivity contribution in [3.8, 4) is 0 Å². The predicted octanol–water partition coefficient (Wildman–Crippen LogP) is 1.24. The maximum atomic E-state index is 10.6. The smallest absolute Gasteiger partial charge is 0.291 e. The monoisotopic (exact) mass is 160 g/mol. The molecule has 0 N–H and O–H groups in total. The Hall–Kier alpha value is -0.313. The lowest BCUT2D eigenvalue weighted by molar-refractivity contribution is -0.134. The molecule has 0 fully saturated rings. The van der Waals surface area contributed by atoms with E-state index in [1.165, 1.54) is 12.8 Å². The van der Waals surface area contributed by atoms with Gasteiger partial charge in [0.2, 0.25) is 9.76 Å². The Kier molecular flexibility index (Phi) is 6.59. The van der Waals surface area contributed by atoms with Crippen molar-refractivity contribution in [3.05, 3.63) is 0 Å². The second-order valence-electron chi connectivity index (χ2n) is 2.28. The number of unbranched alkanes of at least 4 members (excludes halogenated alkanes) is 1. The van der Waals surface area contributed by atoms with Crippen LogP contribution in [0.4, 0.5) is 0 Å². The van der Waals surface area contributed by atoms with E-state index in [1.54, 1.807) is 0 Å². The highest BCUT2D eigenvalue weighted by molar-refractivity contribution is 6.30. The summed E-state index contributed by atoms with van der Waals surface area (Å²) in [5.41, 5.74) is 0. The van der Waals surface area contributed by atoms with Gasteiger partial charge in [0.25, 0.3) is 5.97 Å². The van der Waals surface area contributed by atoms with Gasteiger partial charge in [0.05, 0.1) is 0 Å². The van der Waals surface area contributed by atoms with Crippen molar-refractivity contribution < 1.29 is 9.22 Å². The third kappa shape index (κ3) is 5.82. The minimum atomic E-state index is -0.508. The number of hydrogen-bond donors (Lipinski definition) is 0. The molecule has 0 saturated heterocycles. The zero-order valence-electron chi connectivity index (χ0n) is 6.85. The summed E-state index contributed by atoms with van der Waals surface area (Å²) >= 11 is 0. The quantitative estimate of drug-likeness (QED) is 0.447. The van der Waals surface area contributed by atoms with Crippen molar-refractivity contribution in [3.63, 3.8) is 0 Å². The largest absolute Gasteiger partial charge is 0.525 e. The van der Waals surface area contributed by atoms with Gasteiger partial charge >= 0.3 is 0 Å². The Bertz CT molecular complexity index is 93.6. The van der Waals surface area contributed by atoms with Crippen molar-refractivity contribution in [1.82, 2.24) is 0 Å². The van der Waals surface area contributed by atoms with Gasteiger partial charge in [0.1, 0.15) is 0 Å². The van der Waals surface area contributed by atoms with Gasteiger partial charge in [0, 0.05) is 6.42 Å². The van der Waals surface area contributed by atoms with Gasteiger partial charge in [-0.3, -0.25) is 4.79 Å². The molecule has 10 heavy (non-hydrogen) atoms. The third-order valence-electron chi connectivity index (χ3n) is 1.30. The Labute approximate surface area is 64.9 Å². The molecule has 60 valence electrons. The van der Waals surface area contributed by atoms with Crippen LogP contribution in [0.5, 0.6) is 0 Å². The van der Waals surface area contributed by atoms with Gasteiger partial charge in [-0.15, -0.1) is 0 Å². The van der Waals surface area contributed by atoms with Crippen LogP contribution in [0.15, 0.2) is 0 Å². The van der Waals surface area contributed by atoms with Crippen LogP contribution in [0.1, 0.15) is 33.1 Å². The molecule has 0 radical (unpaired) electrons. The lowest BCUT2D eigenvalue weighted by Gasteiger charge is -2.00. The topological polar surface area (TPSA) is 26.3 Å².